The number of anilines is 2. The monoisotopic (exact) mass is 410 g/mol. The lowest BCUT2D eigenvalue weighted by Crippen LogP contribution is -2.22. The Kier molecular flexibility index (Phi) is 6.07. The van der Waals surface area contributed by atoms with Gasteiger partial charge >= 0.3 is 0 Å². The number of carbonyl (C=O) groups is 2. The van der Waals surface area contributed by atoms with Crippen LogP contribution in [0, 0.1) is 13.8 Å². The highest BCUT2D eigenvalue weighted by Crippen LogP contribution is 2.30. The first-order valence-corrected chi connectivity index (χ1v) is 9.92. The second-order valence-electron chi connectivity index (χ2n) is 6.41. The summed E-state index contributed by atoms with van der Waals surface area (Å²) in [5.74, 6) is -0.246. The van der Waals surface area contributed by atoms with Gasteiger partial charge in [-0.15, -0.1) is 11.3 Å². The molecule has 6 heteroatoms. The van der Waals surface area contributed by atoms with Crippen molar-refractivity contribution in [1.82, 2.24) is 4.98 Å². The third-order valence-electron chi connectivity index (χ3n) is 4.14. The van der Waals surface area contributed by atoms with E-state index < -0.39 is 0 Å². The SMILES string of the molecule is CC(=O)N(c1cccc(Cl)c1)c1nc(C=CC(=O)c2ccc(C)cc2C)cs1. The van der Waals surface area contributed by atoms with Gasteiger partial charge in [0.1, 0.15) is 0 Å². The van der Waals surface area contributed by atoms with Crippen molar-refractivity contribution in [3.8, 4) is 0 Å². The maximum Gasteiger partial charge on any atom is 0.230 e. The Morgan fingerprint density at radius 3 is 2.61 bits per heavy atom. The number of amides is 1. The lowest BCUT2D eigenvalue weighted by Gasteiger charge is -2.18. The zero-order chi connectivity index (χ0) is 20.3. The van der Waals surface area contributed by atoms with E-state index in [9.17, 15) is 9.59 Å². The minimum Gasteiger partial charge on any atom is -0.289 e. The smallest absolute Gasteiger partial charge is 0.230 e. The highest BCUT2D eigenvalue weighted by molar-refractivity contribution is 7.14. The van der Waals surface area contributed by atoms with Gasteiger partial charge in [-0.3, -0.25) is 14.5 Å². The molecule has 0 saturated carbocycles. The van der Waals surface area contributed by atoms with Crippen LogP contribution in [0.4, 0.5) is 10.8 Å². The van der Waals surface area contributed by atoms with E-state index in [4.69, 9.17) is 11.6 Å². The van der Waals surface area contributed by atoms with E-state index in [2.05, 4.69) is 4.98 Å². The fourth-order valence-corrected chi connectivity index (χ4v) is 3.88. The first-order valence-electron chi connectivity index (χ1n) is 8.66. The number of thiazole rings is 1. The van der Waals surface area contributed by atoms with E-state index in [1.54, 1.807) is 30.3 Å². The van der Waals surface area contributed by atoms with Crippen LogP contribution in [0.2, 0.25) is 5.02 Å². The van der Waals surface area contributed by atoms with Gasteiger partial charge in [-0.1, -0.05) is 41.4 Å². The molecule has 1 heterocycles. The fraction of sp³-hybridized carbons (Fsp3) is 0.136. The third-order valence-corrected chi connectivity index (χ3v) is 5.21. The van der Waals surface area contributed by atoms with E-state index in [1.165, 1.54) is 29.2 Å². The molecule has 0 saturated heterocycles. The van der Waals surface area contributed by atoms with E-state index in [0.717, 1.165) is 11.1 Å². The first kappa shape index (κ1) is 20.0. The molecule has 4 nitrogen and oxygen atoms in total. The lowest BCUT2D eigenvalue weighted by molar-refractivity contribution is -0.115. The molecular weight excluding hydrogens is 392 g/mol. The number of allylic oxidation sites excluding steroid dienone is 1. The molecule has 0 fully saturated rings. The van der Waals surface area contributed by atoms with Gasteiger partial charge in [0, 0.05) is 22.9 Å². The van der Waals surface area contributed by atoms with E-state index in [-0.39, 0.29) is 11.7 Å². The topological polar surface area (TPSA) is 50.3 Å². The van der Waals surface area contributed by atoms with Crippen LogP contribution in [-0.2, 0) is 4.79 Å². The van der Waals surface area contributed by atoms with Gasteiger partial charge in [0.2, 0.25) is 5.91 Å². The number of nitrogens with zero attached hydrogens (tertiary/aromatic N) is 2. The molecule has 1 aromatic heterocycles. The summed E-state index contributed by atoms with van der Waals surface area (Å²) in [5, 5.41) is 2.87. The summed E-state index contributed by atoms with van der Waals surface area (Å²) in [5.41, 5.74) is 3.99. The molecule has 0 aliphatic carbocycles. The maximum atomic E-state index is 12.5. The van der Waals surface area contributed by atoms with Crippen molar-refractivity contribution in [1.29, 1.82) is 0 Å². The molecule has 3 rings (SSSR count). The van der Waals surface area contributed by atoms with Gasteiger partial charge < -0.3 is 0 Å². The van der Waals surface area contributed by atoms with Gasteiger partial charge in [0.05, 0.1) is 11.4 Å². The number of ketones is 1. The molecule has 28 heavy (non-hydrogen) atoms. The molecular formula is C22H19ClN2O2S. The van der Waals surface area contributed by atoms with Crippen molar-refractivity contribution in [2.24, 2.45) is 0 Å². The molecule has 0 unspecified atom stereocenters. The summed E-state index contributed by atoms with van der Waals surface area (Å²) < 4.78 is 0. The van der Waals surface area contributed by atoms with Crippen LogP contribution in [0.1, 0.15) is 34.1 Å². The molecule has 0 radical (unpaired) electrons. The summed E-state index contributed by atoms with van der Waals surface area (Å²) in [6.07, 6.45) is 3.17. The van der Waals surface area contributed by atoms with Crippen LogP contribution in [-0.4, -0.2) is 16.7 Å². The van der Waals surface area contributed by atoms with E-state index >= 15 is 0 Å². The van der Waals surface area contributed by atoms with Crippen molar-refractivity contribution < 1.29 is 9.59 Å². The minimum absolute atomic E-state index is 0.0784. The standard InChI is InChI=1S/C22H19ClN2O2S/c1-14-7-9-20(15(2)11-14)21(27)10-8-18-13-28-22(24-18)25(16(3)26)19-6-4-5-17(23)12-19/h4-13H,1-3H3. The minimum atomic E-state index is -0.168. The molecule has 142 valence electrons. The zero-order valence-electron chi connectivity index (χ0n) is 15.8. The zero-order valence-corrected chi connectivity index (χ0v) is 17.3. The summed E-state index contributed by atoms with van der Waals surface area (Å²) in [6, 6.07) is 12.8. The molecule has 3 aromatic rings. The Morgan fingerprint density at radius 2 is 1.93 bits per heavy atom. The van der Waals surface area contributed by atoms with Crippen molar-refractivity contribution in [3.05, 3.63) is 81.3 Å². The predicted molar refractivity (Wildman–Crippen MR) is 116 cm³/mol. The Labute approximate surface area is 173 Å². The van der Waals surface area contributed by atoms with Crippen molar-refractivity contribution in [2.45, 2.75) is 20.8 Å². The lowest BCUT2D eigenvalue weighted by atomic mass is 10.0. The highest BCUT2D eigenvalue weighted by atomic mass is 35.5. The highest BCUT2D eigenvalue weighted by Gasteiger charge is 2.18. The number of carbonyl (C=O) groups excluding carboxylic acids is 2. The molecule has 0 bridgehead atoms. The van der Waals surface area contributed by atoms with Crippen LogP contribution in [0.25, 0.3) is 6.08 Å². The Bertz CT molecular complexity index is 1070. The maximum absolute atomic E-state index is 12.5. The van der Waals surface area contributed by atoms with Gasteiger partial charge in [-0.2, -0.15) is 0 Å². The van der Waals surface area contributed by atoms with E-state index in [0.29, 0.717) is 27.1 Å². The Hall–Kier alpha value is -2.76. The number of aromatic nitrogens is 1. The van der Waals surface area contributed by atoms with Crippen molar-refractivity contribution >= 4 is 51.5 Å². The predicted octanol–water partition coefficient (Wildman–Crippen LogP) is 5.99. The third kappa shape index (κ3) is 4.55. The van der Waals surface area contributed by atoms with Gasteiger partial charge in [-0.05, 0) is 49.8 Å². The number of hydrogen-bond acceptors (Lipinski definition) is 4. The first-order chi connectivity index (χ1) is 13.3. The second-order valence-corrected chi connectivity index (χ2v) is 7.68. The van der Waals surface area contributed by atoms with Crippen molar-refractivity contribution in [3.63, 3.8) is 0 Å². The molecule has 0 N–H and O–H groups in total. The molecule has 0 atom stereocenters. The van der Waals surface area contributed by atoms with Crippen LogP contribution in [0.5, 0.6) is 0 Å². The summed E-state index contributed by atoms with van der Waals surface area (Å²) in [7, 11) is 0. The molecule has 0 spiro atoms. The molecule has 0 aliphatic heterocycles. The summed E-state index contributed by atoms with van der Waals surface area (Å²) >= 11 is 7.38. The summed E-state index contributed by atoms with van der Waals surface area (Å²) in [6.45, 7) is 5.39. The van der Waals surface area contributed by atoms with Gasteiger partial charge in [-0.25, -0.2) is 4.98 Å². The largest absolute Gasteiger partial charge is 0.289 e. The molecule has 1 amide bonds. The molecule has 2 aromatic carbocycles. The number of halogens is 1. The van der Waals surface area contributed by atoms with E-state index in [1.807, 2.05) is 37.4 Å². The summed E-state index contributed by atoms with van der Waals surface area (Å²) in [4.78, 5) is 30.6. The normalized spacial score (nSPS) is 11.0. The average molecular weight is 411 g/mol. The number of rotatable bonds is 5. The van der Waals surface area contributed by atoms with Crippen molar-refractivity contribution in [2.75, 3.05) is 4.90 Å². The van der Waals surface area contributed by atoms with Crippen LogP contribution < -0.4 is 4.90 Å². The number of benzene rings is 2. The van der Waals surface area contributed by atoms with Crippen LogP contribution in [0.15, 0.2) is 53.9 Å². The number of aryl methyl sites for hydroxylation is 2. The Morgan fingerprint density at radius 1 is 1.14 bits per heavy atom. The average Bonchev–Trinajstić information content (AvgIpc) is 3.08. The van der Waals surface area contributed by atoms with Crippen LogP contribution >= 0.6 is 22.9 Å². The Balaban J connectivity index is 1.83. The van der Waals surface area contributed by atoms with Gasteiger partial charge in [0.15, 0.2) is 10.9 Å². The quantitative estimate of drug-likeness (QED) is 0.383. The molecule has 0 aliphatic rings. The number of hydrogen-bond donors (Lipinski definition) is 0. The van der Waals surface area contributed by atoms with Gasteiger partial charge in [0.25, 0.3) is 0 Å². The fourth-order valence-electron chi connectivity index (χ4n) is 2.84. The van der Waals surface area contributed by atoms with Crippen LogP contribution in [0.3, 0.4) is 0 Å². The second kappa shape index (κ2) is 8.50.